The van der Waals surface area contributed by atoms with E-state index in [9.17, 15) is 9.18 Å². The molecular formula is C21H18ClFN6O. The third-order valence-electron chi connectivity index (χ3n) is 4.42. The van der Waals surface area contributed by atoms with Crippen LogP contribution in [-0.4, -0.2) is 32.3 Å². The van der Waals surface area contributed by atoms with Gasteiger partial charge < -0.3 is 10.6 Å². The van der Waals surface area contributed by atoms with Gasteiger partial charge in [-0.25, -0.2) is 9.18 Å². The van der Waals surface area contributed by atoms with E-state index in [0.29, 0.717) is 50.9 Å². The second kappa shape index (κ2) is 8.08. The molecule has 0 saturated carbocycles. The maximum atomic E-state index is 14.3. The average Bonchev–Trinajstić information content (AvgIpc) is 3.15. The molecule has 0 aliphatic carbocycles. The second-order valence-electron chi connectivity index (χ2n) is 6.62. The van der Waals surface area contributed by atoms with Crippen molar-refractivity contribution in [2.75, 3.05) is 11.9 Å². The molecule has 9 heteroatoms. The van der Waals surface area contributed by atoms with E-state index in [0.717, 1.165) is 0 Å². The van der Waals surface area contributed by atoms with Gasteiger partial charge in [0.15, 0.2) is 0 Å². The summed E-state index contributed by atoms with van der Waals surface area (Å²) in [6.07, 6.45) is 3.15. The van der Waals surface area contributed by atoms with Gasteiger partial charge in [0, 0.05) is 34.7 Å². The van der Waals surface area contributed by atoms with E-state index in [1.54, 1.807) is 18.3 Å². The van der Waals surface area contributed by atoms with Crippen molar-refractivity contribution in [3.8, 4) is 11.3 Å². The first-order valence-corrected chi connectivity index (χ1v) is 9.66. The molecule has 0 atom stereocenters. The number of rotatable bonds is 4. The minimum absolute atomic E-state index is 0.307. The number of benzene rings is 1. The third-order valence-corrected chi connectivity index (χ3v) is 4.65. The van der Waals surface area contributed by atoms with Crippen molar-refractivity contribution in [1.82, 2.24) is 25.1 Å². The number of hydrogen-bond acceptors (Lipinski definition) is 5. The summed E-state index contributed by atoms with van der Waals surface area (Å²) in [6, 6.07) is 9.28. The van der Waals surface area contributed by atoms with Gasteiger partial charge in [-0.1, -0.05) is 11.6 Å². The Balaban J connectivity index is 1.78. The van der Waals surface area contributed by atoms with Gasteiger partial charge in [0.25, 0.3) is 0 Å². The van der Waals surface area contributed by atoms with Crippen LogP contribution in [0.2, 0.25) is 5.02 Å². The maximum Gasteiger partial charge on any atom is 0.342 e. The molecule has 7 nitrogen and oxygen atoms in total. The van der Waals surface area contributed by atoms with E-state index in [2.05, 4.69) is 25.7 Å². The molecule has 0 radical (unpaired) electrons. The molecule has 3 heterocycles. The Morgan fingerprint density at radius 1 is 1.23 bits per heavy atom. The van der Waals surface area contributed by atoms with Crippen molar-refractivity contribution in [2.45, 2.75) is 13.8 Å². The smallest absolute Gasteiger partial charge is 0.342 e. The highest BCUT2D eigenvalue weighted by atomic mass is 35.5. The number of hydrogen-bond donors (Lipinski definition) is 2. The molecular weight excluding hydrogens is 407 g/mol. The fourth-order valence-corrected chi connectivity index (χ4v) is 3.34. The molecule has 1 amide bonds. The van der Waals surface area contributed by atoms with Crippen molar-refractivity contribution in [2.24, 2.45) is 0 Å². The van der Waals surface area contributed by atoms with Crippen molar-refractivity contribution in [3.63, 3.8) is 0 Å². The Hall–Kier alpha value is -3.52. The Kier molecular flexibility index (Phi) is 5.33. The van der Waals surface area contributed by atoms with Crippen molar-refractivity contribution >= 4 is 40.0 Å². The highest BCUT2D eigenvalue weighted by Gasteiger charge is 2.15. The van der Waals surface area contributed by atoms with E-state index < -0.39 is 5.82 Å². The molecule has 4 rings (SSSR count). The highest BCUT2D eigenvalue weighted by molar-refractivity contribution is 6.30. The summed E-state index contributed by atoms with van der Waals surface area (Å²) in [6.45, 7) is 4.12. The van der Waals surface area contributed by atoms with Crippen LogP contribution in [0.4, 0.5) is 20.6 Å². The Bertz CT molecular complexity index is 1260. The number of halogens is 2. The predicted octanol–water partition coefficient (Wildman–Crippen LogP) is 4.92. The lowest BCUT2D eigenvalue weighted by atomic mass is 10.1. The normalized spacial score (nSPS) is 10.9. The van der Waals surface area contributed by atoms with Gasteiger partial charge in [-0.05, 0) is 50.2 Å². The third kappa shape index (κ3) is 3.81. The molecule has 30 heavy (non-hydrogen) atoms. The van der Waals surface area contributed by atoms with Crippen LogP contribution < -0.4 is 10.6 Å². The van der Waals surface area contributed by atoms with Gasteiger partial charge >= 0.3 is 6.03 Å². The van der Waals surface area contributed by atoms with Gasteiger partial charge in [-0.15, -0.1) is 0 Å². The maximum absolute atomic E-state index is 14.3. The topological polar surface area (TPSA) is 84.7 Å². The summed E-state index contributed by atoms with van der Waals surface area (Å²) >= 11 is 6.04. The van der Waals surface area contributed by atoms with Gasteiger partial charge in [0.05, 0.1) is 17.6 Å². The lowest BCUT2D eigenvalue weighted by molar-refractivity contribution is 0.241. The molecule has 0 saturated heterocycles. The van der Waals surface area contributed by atoms with Gasteiger partial charge in [-0.2, -0.15) is 9.78 Å². The van der Waals surface area contributed by atoms with Crippen LogP contribution in [0.5, 0.6) is 0 Å². The standard InChI is InChI=1S/C21H18ClFN6O/c1-3-24-21(30)29-20-17(6-7-25-19(20)11-26-29)28-14-8-12(2)27-18(10-14)15-9-13(22)4-5-16(15)23/h4-11H,3H2,1-2H3,(H,24,30)(H,25,27,28). The van der Waals surface area contributed by atoms with E-state index in [1.807, 2.05) is 19.9 Å². The van der Waals surface area contributed by atoms with Crippen LogP contribution in [-0.2, 0) is 0 Å². The van der Waals surface area contributed by atoms with Crippen LogP contribution >= 0.6 is 11.6 Å². The highest BCUT2D eigenvalue weighted by Crippen LogP contribution is 2.30. The zero-order valence-corrected chi connectivity index (χ0v) is 17.0. The second-order valence-corrected chi connectivity index (χ2v) is 7.05. The number of aromatic nitrogens is 4. The molecule has 3 aromatic heterocycles. The minimum Gasteiger partial charge on any atom is -0.354 e. The summed E-state index contributed by atoms with van der Waals surface area (Å²) in [5.41, 5.74) is 3.85. The first-order valence-electron chi connectivity index (χ1n) is 9.28. The van der Waals surface area contributed by atoms with Crippen LogP contribution in [0, 0.1) is 12.7 Å². The van der Waals surface area contributed by atoms with Crippen molar-refractivity contribution in [3.05, 3.63) is 65.3 Å². The number of fused-ring (bicyclic) bond motifs is 1. The Morgan fingerprint density at radius 2 is 2.07 bits per heavy atom. The lowest BCUT2D eigenvalue weighted by Gasteiger charge is -2.12. The van der Waals surface area contributed by atoms with Crippen LogP contribution in [0.3, 0.4) is 0 Å². The number of amides is 1. The van der Waals surface area contributed by atoms with Gasteiger partial charge in [-0.3, -0.25) is 9.97 Å². The number of carbonyl (C=O) groups is 1. The fraction of sp³-hybridized carbons (Fsp3) is 0.143. The number of carbonyl (C=O) groups excluding carboxylic acids is 1. The van der Waals surface area contributed by atoms with Crippen molar-refractivity contribution in [1.29, 1.82) is 0 Å². The van der Waals surface area contributed by atoms with Gasteiger partial charge in [0.1, 0.15) is 16.9 Å². The van der Waals surface area contributed by atoms with Crippen molar-refractivity contribution < 1.29 is 9.18 Å². The molecule has 2 N–H and O–H groups in total. The molecule has 0 aliphatic heterocycles. The molecule has 4 aromatic rings. The molecule has 1 aromatic carbocycles. The van der Waals surface area contributed by atoms with Gasteiger partial charge in [0.2, 0.25) is 0 Å². The SMILES string of the molecule is CCNC(=O)n1ncc2nccc(Nc3cc(C)nc(-c4cc(Cl)ccc4F)c3)c21. The summed E-state index contributed by atoms with van der Waals surface area (Å²) < 4.78 is 15.6. The number of anilines is 2. The Labute approximate surface area is 176 Å². The average molecular weight is 425 g/mol. The van der Waals surface area contributed by atoms with Crippen LogP contribution in [0.15, 0.2) is 48.8 Å². The van der Waals surface area contributed by atoms with E-state index in [-0.39, 0.29) is 6.03 Å². The zero-order chi connectivity index (χ0) is 21.3. The quantitative estimate of drug-likeness (QED) is 0.486. The first-order chi connectivity index (χ1) is 14.5. The number of pyridine rings is 2. The van der Waals surface area contributed by atoms with E-state index in [1.165, 1.54) is 29.1 Å². The Morgan fingerprint density at radius 3 is 2.87 bits per heavy atom. The largest absolute Gasteiger partial charge is 0.354 e. The fourth-order valence-electron chi connectivity index (χ4n) is 3.17. The predicted molar refractivity (Wildman–Crippen MR) is 115 cm³/mol. The van der Waals surface area contributed by atoms with E-state index >= 15 is 0 Å². The monoisotopic (exact) mass is 424 g/mol. The van der Waals surface area contributed by atoms with E-state index in [4.69, 9.17) is 11.6 Å². The van der Waals surface area contributed by atoms with Crippen LogP contribution in [0.25, 0.3) is 22.3 Å². The molecule has 0 unspecified atom stereocenters. The number of nitrogens with one attached hydrogen (secondary N) is 2. The first kappa shape index (κ1) is 19.8. The molecule has 0 fully saturated rings. The lowest BCUT2D eigenvalue weighted by Crippen LogP contribution is -2.29. The summed E-state index contributed by atoms with van der Waals surface area (Å²) in [7, 11) is 0. The number of aryl methyl sites for hydroxylation is 1. The summed E-state index contributed by atoms with van der Waals surface area (Å²) in [5.74, 6) is -0.413. The number of nitrogens with zero attached hydrogens (tertiary/aromatic N) is 4. The molecule has 0 aliphatic rings. The molecule has 0 bridgehead atoms. The zero-order valence-electron chi connectivity index (χ0n) is 16.3. The summed E-state index contributed by atoms with van der Waals surface area (Å²) in [5, 5.41) is 10.6. The molecule has 152 valence electrons. The summed E-state index contributed by atoms with van der Waals surface area (Å²) in [4.78, 5) is 21.1. The molecule has 0 spiro atoms. The minimum atomic E-state index is -0.413. The van der Waals surface area contributed by atoms with Crippen LogP contribution in [0.1, 0.15) is 12.6 Å².